The van der Waals surface area contributed by atoms with Crippen LogP contribution in [0.4, 0.5) is 0 Å². The van der Waals surface area contributed by atoms with Gasteiger partial charge >= 0.3 is 0 Å². The Labute approximate surface area is 117 Å². The van der Waals surface area contributed by atoms with Gasteiger partial charge in [-0.1, -0.05) is 35.5 Å². The number of likely N-dealkylation sites (tertiary alicyclic amines) is 1. The average molecular weight is 268 g/mol. The third-order valence-corrected chi connectivity index (χ3v) is 3.66. The summed E-state index contributed by atoms with van der Waals surface area (Å²) in [5.41, 5.74) is 0.956. The molecule has 1 aromatic heterocycles. The standard InChI is InChI=1S/C15H16N4O/c16-9-8-13-7-4-10-19(13)11-14-17-15(18-20-14)12-5-2-1-3-6-12/h1-3,5-6,13H,4,7-8,10-11H2. The predicted molar refractivity (Wildman–Crippen MR) is 73.4 cm³/mol. The van der Waals surface area contributed by atoms with Gasteiger partial charge in [0.25, 0.3) is 0 Å². The van der Waals surface area contributed by atoms with Crippen LogP contribution < -0.4 is 0 Å². The summed E-state index contributed by atoms with van der Waals surface area (Å²) in [7, 11) is 0. The van der Waals surface area contributed by atoms with Crippen LogP contribution in [0.2, 0.25) is 0 Å². The molecule has 1 atom stereocenters. The van der Waals surface area contributed by atoms with Crippen molar-refractivity contribution in [2.75, 3.05) is 6.54 Å². The van der Waals surface area contributed by atoms with Gasteiger partial charge in [0.1, 0.15) is 0 Å². The minimum absolute atomic E-state index is 0.326. The van der Waals surface area contributed by atoms with E-state index in [0.29, 0.717) is 30.7 Å². The van der Waals surface area contributed by atoms with Crippen LogP contribution in [-0.2, 0) is 6.54 Å². The summed E-state index contributed by atoms with van der Waals surface area (Å²) in [5.74, 6) is 1.24. The fraction of sp³-hybridized carbons (Fsp3) is 0.400. The monoisotopic (exact) mass is 268 g/mol. The van der Waals surface area contributed by atoms with Crippen LogP contribution in [0.1, 0.15) is 25.2 Å². The second-order valence-electron chi connectivity index (χ2n) is 5.01. The molecule has 1 aromatic carbocycles. The maximum absolute atomic E-state index is 8.84. The van der Waals surface area contributed by atoms with E-state index in [2.05, 4.69) is 21.1 Å². The molecule has 0 aliphatic carbocycles. The number of nitriles is 1. The van der Waals surface area contributed by atoms with Crippen LogP contribution >= 0.6 is 0 Å². The third-order valence-electron chi connectivity index (χ3n) is 3.66. The molecule has 2 heterocycles. The van der Waals surface area contributed by atoms with Crippen molar-refractivity contribution in [1.82, 2.24) is 15.0 Å². The molecule has 5 nitrogen and oxygen atoms in total. The van der Waals surface area contributed by atoms with E-state index in [-0.39, 0.29) is 0 Å². The van der Waals surface area contributed by atoms with Crippen LogP contribution in [0.3, 0.4) is 0 Å². The van der Waals surface area contributed by atoms with Crippen molar-refractivity contribution in [3.63, 3.8) is 0 Å². The predicted octanol–water partition coefficient (Wildman–Crippen LogP) is 2.61. The van der Waals surface area contributed by atoms with E-state index in [9.17, 15) is 0 Å². The molecule has 0 spiro atoms. The molecule has 0 N–H and O–H groups in total. The van der Waals surface area contributed by atoms with Crippen molar-refractivity contribution in [3.05, 3.63) is 36.2 Å². The van der Waals surface area contributed by atoms with Crippen molar-refractivity contribution in [1.29, 1.82) is 5.26 Å². The van der Waals surface area contributed by atoms with Crippen molar-refractivity contribution < 1.29 is 4.52 Å². The zero-order valence-electron chi connectivity index (χ0n) is 11.2. The average Bonchev–Trinajstić information content (AvgIpc) is 3.11. The lowest BCUT2D eigenvalue weighted by molar-refractivity contribution is 0.213. The minimum Gasteiger partial charge on any atom is -0.338 e. The molecule has 20 heavy (non-hydrogen) atoms. The van der Waals surface area contributed by atoms with Crippen LogP contribution in [0.15, 0.2) is 34.9 Å². The summed E-state index contributed by atoms with van der Waals surface area (Å²) in [6, 6.07) is 12.4. The molecule has 1 aliphatic rings. The highest BCUT2D eigenvalue weighted by Crippen LogP contribution is 2.22. The zero-order chi connectivity index (χ0) is 13.8. The zero-order valence-corrected chi connectivity index (χ0v) is 11.2. The Morgan fingerprint density at radius 2 is 2.20 bits per heavy atom. The molecule has 5 heteroatoms. The molecule has 1 saturated heterocycles. The quantitative estimate of drug-likeness (QED) is 0.852. The first-order valence-corrected chi connectivity index (χ1v) is 6.86. The fourth-order valence-corrected chi connectivity index (χ4v) is 2.64. The van der Waals surface area contributed by atoms with Gasteiger partial charge in [0.15, 0.2) is 0 Å². The van der Waals surface area contributed by atoms with E-state index in [0.717, 1.165) is 24.9 Å². The first kappa shape index (κ1) is 12.8. The number of benzene rings is 1. The van der Waals surface area contributed by atoms with Crippen LogP contribution in [0, 0.1) is 11.3 Å². The molecule has 0 saturated carbocycles. The lowest BCUT2D eigenvalue weighted by atomic mass is 10.1. The topological polar surface area (TPSA) is 66.0 Å². The molecule has 1 aliphatic heterocycles. The lowest BCUT2D eigenvalue weighted by Crippen LogP contribution is -2.28. The molecule has 3 rings (SSSR count). The second-order valence-corrected chi connectivity index (χ2v) is 5.01. The molecule has 0 amide bonds. The summed E-state index contributed by atoms with van der Waals surface area (Å²) >= 11 is 0. The summed E-state index contributed by atoms with van der Waals surface area (Å²) in [4.78, 5) is 6.69. The van der Waals surface area contributed by atoms with Crippen LogP contribution in [0.5, 0.6) is 0 Å². The van der Waals surface area contributed by atoms with Gasteiger partial charge in [-0.25, -0.2) is 0 Å². The van der Waals surface area contributed by atoms with E-state index in [1.165, 1.54) is 0 Å². The Kier molecular flexibility index (Phi) is 3.75. The lowest BCUT2D eigenvalue weighted by Gasteiger charge is -2.19. The van der Waals surface area contributed by atoms with E-state index >= 15 is 0 Å². The Morgan fingerprint density at radius 3 is 3.00 bits per heavy atom. The molecule has 102 valence electrons. The van der Waals surface area contributed by atoms with Crippen molar-refractivity contribution in [2.24, 2.45) is 0 Å². The van der Waals surface area contributed by atoms with Gasteiger partial charge < -0.3 is 4.52 Å². The third kappa shape index (κ3) is 2.70. The van der Waals surface area contributed by atoms with Crippen LogP contribution in [-0.4, -0.2) is 27.6 Å². The Morgan fingerprint density at radius 1 is 1.35 bits per heavy atom. The van der Waals surface area contributed by atoms with Crippen molar-refractivity contribution in [2.45, 2.75) is 31.8 Å². The maximum atomic E-state index is 8.84. The Bertz CT molecular complexity index is 602. The Hall–Kier alpha value is -2.19. The van der Waals surface area contributed by atoms with Gasteiger partial charge in [0.05, 0.1) is 19.0 Å². The molecular weight excluding hydrogens is 252 g/mol. The molecule has 1 fully saturated rings. The summed E-state index contributed by atoms with van der Waals surface area (Å²) in [6.45, 7) is 1.63. The highest BCUT2D eigenvalue weighted by molar-refractivity contribution is 5.53. The largest absolute Gasteiger partial charge is 0.338 e. The Balaban J connectivity index is 1.70. The SMILES string of the molecule is N#CCC1CCCN1Cc1nc(-c2ccccc2)no1. The molecular formula is C15H16N4O. The first-order chi connectivity index (χ1) is 9.86. The van der Waals surface area contributed by atoms with Crippen LogP contribution in [0.25, 0.3) is 11.4 Å². The van der Waals surface area contributed by atoms with E-state index in [1.54, 1.807) is 0 Å². The maximum Gasteiger partial charge on any atom is 0.241 e. The van der Waals surface area contributed by atoms with Gasteiger partial charge in [0.2, 0.25) is 11.7 Å². The smallest absolute Gasteiger partial charge is 0.241 e. The number of aromatic nitrogens is 2. The van der Waals surface area contributed by atoms with Crippen molar-refractivity contribution in [3.8, 4) is 17.5 Å². The number of hydrogen-bond donors (Lipinski definition) is 0. The summed E-state index contributed by atoms with van der Waals surface area (Å²) in [5, 5.41) is 12.9. The first-order valence-electron chi connectivity index (χ1n) is 6.86. The fourth-order valence-electron chi connectivity index (χ4n) is 2.64. The normalized spacial score (nSPS) is 19.1. The summed E-state index contributed by atoms with van der Waals surface area (Å²) in [6.07, 6.45) is 2.78. The number of nitrogens with zero attached hydrogens (tertiary/aromatic N) is 4. The molecule has 0 radical (unpaired) electrons. The van der Waals surface area contributed by atoms with Crippen molar-refractivity contribution >= 4 is 0 Å². The molecule has 0 bridgehead atoms. The van der Waals surface area contributed by atoms with E-state index < -0.39 is 0 Å². The van der Waals surface area contributed by atoms with E-state index in [1.807, 2.05) is 30.3 Å². The van der Waals surface area contributed by atoms with Gasteiger partial charge in [-0.3, -0.25) is 4.90 Å². The molecule has 1 unspecified atom stereocenters. The van der Waals surface area contributed by atoms with Gasteiger partial charge in [0, 0.05) is 11.6 Å². The number of rotatable bonds is 4. The van der Waals surface area contributed by atoms with Gasteiger partial charge in [-0.2, -0.15) is 10.2 Å². The summed E-state index contributed by atoms with van der Waals surface area (Å²) < 4.78 is 5.32. The number of hydrogen-bond acceptors (Lipinski definition) is 5. The minimum atomic E-state index is 0.326. The van der Waals surface area contributed by atoms with Gasteiger partial charge in [-0.15, -0.1) is 0 Å². The highest BCUT2D eigenvalue weighted by Gasteiger charge is 2.25. The molecule has 2 aromatic rings. The van der Waals surface area contributed by atoms with Gasteiger partial charge in [-0.05, 0) is 19.4 Å². The highest BCUT2D eigenvalue weighted by atomic mass is 16.5. The van der Waals surface area contributed by atoms with E-state index in [4.69, 9.17) is 9.78 Å². The second kappa shape index (κ2) is 5.85.